The Morgan fingerprint density at radius 1 is 1.48 bits per heavy atom. The zero-order chi connectivity index (χ0) is 15.6. The first kappa shape index (κ1) is 15.9. The molecule has 10 heteroatoms. The lowest BCUT2D eigenvalue weighted by Gasteiger charge is -2.17. The molecule has 116 valence electrons. The van der Waals surface area contributed by atoms with Crippen molar-refractivity contribution >= 4 is 23.3 Å². The van der Waals surface area contributed by atoms with Crippen LogP contribution in [0, 0.1) is 0 Å². The number of rotatable bonds is 4. The summed E-state index contributed by atoms with van der Waals surface area (Å²) < 4.78 is 6.17. The first-order chi connectivity index (χ1) is 9.97. The lowest BCUT2D eigenvalue weighted by atomic mass is 10.1. The molecule has 2 heterocycles. The standard InChI is InChI=1S/C11H14ClN3O6/c12-3-7(17)13-6-1-2-15(11(20)14-6)10-9(19)8(18)5(4-16)21-10/h1-2,5,8-10,16,18-19H,3-4H2,(H,13,14,17,20)/t5-,8-,9-,10-/m1/s1. The molecule has 1 aliphatic heterocycles. The van der Waals surface area contributed by atoms with Crippen molar-refractivity contribution in [2.24, 2.45) is 0 Å². The summed E-state index contributed by atoms with van der Waals surface area (Å²) in [5.41, 5.74) is -0.794. The molecule has 4 N–H and O–H groups in total. The third-order valence-corrected chi connectivity index (χ3v) is 3.25. The Labute approximate surface area is 123 Å². The fourth-order valence-electron chi connectivity index (χ4n) is 1.96. The van der Waals surface area contributed by atoms with Crippen LogP contribution in [-0.2, 0) is 9.53 Å². The SMILES string of the molecule is O=C(CCl)Nc1ccn([C@@H]2O[C@H](CO)[C@@H](O)[C@H]2O)c(=O)n1. The van der Waals surface area contributed by atoms with E-state index in [1.807, 2.05) is 0 Å². The number of aliphatic hydroxyl groups excluding tert-OH is 3. The van der Waals surface area contributed by atoms with Crippen LogP contribution in [0.25, 0.3) is 0 Å². The number of nitrogens with one attached hydrogen (secondary N) is 1. The van der Waals surface area contributed by atoms with Gasteiger partial charge in [-0.15, -0.1) is 11.6 Å². The van der Waals surface area contributed by atoms with Crippen molar-refractivity contribution < 1.29 is 24.9 Å². The second-order valence-corrected chi connectivity index (χ2v) is 4.68. The maximum atomic E-state index is 11.9. The van der Waals surface area contributed by atoms with Crippen molar-refractivity contribution in [1.82, 2.24) is 9.55 Å². The van der Waals surface area contributed by atoms with Crippen LogP contribution in [0.15, 0.2) is 17.1 Å². The lowest BCUT2D eigenvalue weighted by Crippen LogP contribution is -2.36. The van der Waals surface area contributed by atoms with Crippen molar-refractivity contribution in [3.63, 3.8) is 0 Å². The minimum absolute atomic E-state index is 0.00800. The van der Waals surface area contributed by atoms with Crippen LogP contribution in [0.2, 0.25) is 0 Å². The number of hydrogen-bond acceptors (Lipinski definition) is 7. The second kappa shape index (κ2) is 6.50. The Bertz CT molecular complexity index is 579. The number of anilines is 1. The highest BCUT2D eigenvalue weighted by Crippen LogP contribution is 2.28. The zero-order valence-corrected chi connectivity index (χ0v) is 11.5. The number of nitrogens with zero attached hydrogens (tertiary/aromatic N) is 2. The van der Waals surface area contributed by atoms with Crippen molar-refractivity contribution in [2.75, 3.05) is 17.8 Å². The lowest BCUT2D eigenvalue weighted by molar-refractivity contribution is -0.113. The molecule has 2 rings (SSSR count). The molecule has 1 amide bonds. The van der Waals surface area contributed by atoms with Crippen molar-refractivity contribution in [2.45, 2.75) is 24.5 Å². The monoisotopic (exact) mass is 319 g/mol. The Hall–Kier alpha value is -1.52. The third-order valence-electron chi connectivity index (χ3n) is 3.01. The fraction of sp³-hybridized carbons (Fsp3) is 0.545. The maximum absolute atomic E-state index is 11.9. The minimum Gasteiger partial charge on any atom is -0.394 e. The predicted molar refractivity (Wildman–Crippen MR) is 70.9 cm³/mol. The molecule has 1 fully saturated rings. The van der Waals surface area contributed by atoms with Gasteiger partial charge < -0.3 is 25.4 Å². The largest absolute Gasteiger partial charge is 0.394 e. The number of ether oxygens (including phenoxy) is 1. The molecule has 0 aliphatic carbocycles. The number of aromatic nitrogens is 2. The van der Waals surface area contributed by atoms with Crippen LogP contribution in [-0.4, -0.2) is 61.6 Å². The van der Waals surface area contributed by atoms with E-state index in [4.69, 9.17) is 21.4 Å². The molecule has 21 heavy (non-hydrogen) atoms. The van der Waals surface area contributed by atoms with Gasteiger partial charge in [-0.05, 0) is 6.07 Å². The summed E-state index contributed by atoms with van der Waals surface area (Å²) >= 11 is 5.32. The first-order valence-electron chi connectivity index (χ1n) is 6.05. The fourth-order valence-corrected chi connectivity index (χ4v) is 2.03. The van der Waals surface area contributed by atoms with E-state index < -0.39 is 42.7 Å². The highest BCUT2D eigenvalue weighted by atomic mass is 35.5. The molecule has 0 saturated carbocycles. The predicted octanol–water partition coefficient (Wildman–Crippen LogP) is -1.97. The number of amides is 1. The van der Waals surface area contributed by atoms with Crippen LogP contribution < -0.4 is 11.0 Å². The number of hydrogen-bond donors (Lipinski definition) is 4. The van der Waals surface area contributed by atoms with Crippen LogP contribution in [0.3, 0.4) is 0 Å². The van der Waals surface area contributed by atoms with Gasteiger partial charge in [0.25, 0.3) is 0 Å². The molecule has 0 spiro atoms. The molecule has 9 nitrogen and oxygen atoms in total. The van der Waals surface area contributed by atoms with Crippen molar-refractivity contribution in [1.29, 1.82) is 0 Å². The van der Waals surface area contributed by atoms with Gasteiger partial charge in [-0.25, -0.2) is 4.79 Å². The summed E-state index contributed by atoms with van der Waals surface area (Å²) in [6, 6.07) is 1.32. The van der Waals surface area contributed by atoms with E-state index in [1.165, 1.54) is 12.3 Å². The molecule has 0 unspecified atom stereocenters. The number of alkyl halides is 1. The van der Waals surface area contributed by atoms with E-state index in [0.29, 0.717) is 0 Å². The molecule has 1 aliphatic rings. The molecule has 1 saturated heterocycles. The van der Waals surface area contributed by atoms with Gasteiger partial charge in [0.2, 0.25) is 5.91 Å². The maximum Gasteiger partial charge on any atom is 0.351 e. The molecule has 4 atom stereocenters. The van der Waals surface area contributed by atoms with Crippen molar-refractivity contribution in [3.8, 4) is 0 Å². The Balaban J connectivity index is 2.22. The summed E-state index contributed by atoms with van der Waals surface area (Å²) in [7, 11) is 0. The highest BCUT2D eigenvalue weighted by molar-refractivity contribution is 6.28. The molecule has 1 aromatic rings. The number of carbonyl (C=O) groups excluding carboxylic acids is 1. The smallest absolute Gasteiger partial charge is 0.351 e. The summed E-state index contributed by atoms with van der Waals surface area (Å²) in [4.78, 5) is 26.6. The molecule has 0 aromatic carbocycles. The summed E-state index contributed by atoms with van der Waals surface area (Å²) in [5.74, 6) is -0.789. The van der Waals surface area contributed by atoms with E-state index in [2.05, 4.69) is 10.3 Å². The number of carbonyl (C=O) groups is 1. The normalized spacial score (nSPS) is 28.6. The van der Waals surface area contributed by atoms with Gasteiger partial charge in [0.15, 0.2) is 6.23 Å². The molecule has 0 radical (unpaired) electrons. The molecular weight excluding hydrogens is 306 g/mol. The summed E-state index contributed by atoms with van der Waals surface area (Å²) in [5, 5.41) is 30.8. The van der Waals surface area contributed by atoms with Gasteiger partial charge in [-0.1, -0.05) is 0 Å². The zero-order valence-electron chi connectivity index (χ0n) is 10.7. The van der Waals surface area contributed by atoms with Crippen LogP contribution in [0.4, 0.5) is 5.82 Å². The number of aliphatic hydroxyl groups is 3. The third kappa shape index (κ3) is 3.22. The van der Waals surface area contributed by atoms with E-state index in [9.17, 15) is 19.8 Å². The average molecular weight is 320 g/mol. The Morgan fingerprint density at radius 2 is 2.19 bits per heavy atom. The van der Waals surface area contributed by atoms with E-state index in [0.717, 1.165) is 4.57 Å². The molecule has 1 aromatic heterocycles. The van der Waals surface area contributed by atoms with E-state index in [-0.39, 0.29) is 11.7 Å². The summed E-state index contributed by atoms with van der Waals surface area (Å²) in [6.07, 6.45) is -3.62. The van der Waals surface area contributed by atoms with Gasteiger partial charge in [0, 0.05) is 6.20 Å². The van der Waals surface area contributed by atoms with Gasteiger partial charge in [0.1, 0.15) is 30.0 Å². The van der Waals surface area contributed by atoms with Gasteiger partial charge >= 0.3 is 5.69 Å². The second-order valence-electron chi connectivity index (χ2n) is 4.41. The van der Waals surface area contributed by atoms with Gasteiger partial charge in [0.05, 0.1) is 6.61 Å². The van der Waals surface area contributed by atoms with Crippen LogP contribution in [0.1, 0.15) is 6.23 Å². The average Bonchev–Trinajstić information content (AvgIpc) is 2.75. The van der Waals surface area contributed by atoms with Crippen LogP contribution in [0.5, 0.6) is 0 Å². The summed E-state index contributed by atoms with van der Waals surface area (Å²) in [6.45, 7) is -0.499. The van der Waals surface area contributed by atoms with Gasteiger partial charge in [-0.2, -0.15) is 4.98 Å². The van der Waals surface area contributed by atoms with E-state index in [1.54, 1.807) is 0 Å². The first-order valence-corrected chi connectivity index (χ1v) is 6.59. The van der Waals surface area contributed by atoms with Crippen molar-refractivity contribution in [3.05, 3.63) is 22.7 Å². The molecule has 0 bridgehead atoms. The molecular formula is C11H14ClN3O6. The highest BCUT2D eigenvalue weighted by Gasteiger charge is 2.43. The van der Waals surface area contributed by atoms with Crippen LogP contribution >= 0.6 is 11.6 Å². The minimum atomic E-state index is -1.38. The quantitative estimate of drug-likeness (QED) is 0.473. The topological polar surface area (TPSA) is 134 Å². The van der Waals surface area contributed by atoms with E-state index >= 15 is 0 Å². The number of halogens is 1. The Morgan fingerprint density at radius 3 is 2.71 bits per heavy atom. The Kier molecular flexibility index (Phi) is 4.91. The van der Waals surface area contributed by atoms with Gasteiger partial charge in [-0.3, -0.25) is 9.36 Å².